The van der Waals surface area contributed by atoms with Crippen LogP contribution >= 0.6 is 22.6 Å². The van der Waals surface area contributed by atoms with Gasteiger partial charge in [-0.1, -0.05) is 12.1 Å². The third kappa shape index (κ3) is 2.78. The van der Waals surface area contributed by atoms with Crippen molar-refractivity contribution in [3.05, 3.63) is 50.9 Å². The molecule has 0 saturated carbocycles. The number of hydrogen-bond acceptors (Lipinski definition) is 2. The summed E-state index contributed by atoms with van der Waals surface area (Å²) in [5.74, 6) is -1.40. The number of carbonyl (C=O) groups is 2. The molecule has 5 nitrogen and oxygen atoms in total. The lowest BCUT2D eigenvalue weighted by molar-refractivity contribution is 0.0697. The Balaban J connectivity index is 2.30. The molecular formula is C13H11IN2O3. The predicted molar refractivity (Wildman–Crippen MR) is 79.6 cm³/mol. The van der Waals surface area contributed by atoms with Crippen molar-refractivity contribution in [1.29, 1.82) is 0 Å². The Labute approximate surface area is 123 Å². The molecular weight excluding hydrogens is 359 g/mol. The summed E-state index contributed by atoms with van der Waals surface area (Å²) in [4.78, 5) is 26.0. The zero-order chi connectivity index (χ0) is 14.0. The molecule has 0 unspecified atom stereocenters. The topological polar surface area (TPSA) is 82.2 Å². The molecule has 0 spiro atoms. The molecule has 6 heteroatoms. The van der Waals surface area contributed by atoms with Crippen molar-refractivity contribution in [2.75, 3.05) is 5.32 Å². The van der Waals surface area contributed by atoms with Gasteiger partial charge in [-0.15, -0.1) is 0 Å². The number of halogens is 1. The highest BCUT2D eigenvalue weighted by Gasteiger charge is 2.18. The van der Waals surface area contributed by atoms with Gasteiger partial charge in [0.15, 0.2) is 0 Å². The van der Waals surface area contributed by atoms with E-state index in [-0.39, 0.29) is 17.2 Å². The van der Waals surface area contributed by atoms with Gasteiger partial charge in [0.05, 0.1) is 11.3 Å². The van der Waals surface area contributed by atoms with Crippen molar-refractivity contribution < 1.29 is 14.7 Å². The largest absolute Gasteiger partial charge is 0.478 e. The summed E-state index contributed by atoms with van der Waals surface area (Å²) in [6.45, 7) is 1.64. The Morgan fingerprint density at radius 1 is 1.32 bits per heavy atom. The third-order valence-corrected chi connectivity index (χ3v) is 3.60. The number of amides is 1. The maximum Gasteiger partial charge on any atom is 0.339 e. The first-order chi connectivity index (χ1) is 9.00. The molecule has 2 rings (SSSR count). The zero-order valence-corrected chi connectivity index (χ0v) is 12.2. The van der Waals surface area contributed by atoms with Gasteiger partial charge in [0.1, 0.15) is 5.56 Å². The van der Waals surface area contributed by atoms with Crippen LogP contribution in [0.5, 0.6) is 0 Å². The van der Waals surface area contributed by atoms with Crippen LogP contribution in [0.3, 0.4) is 0 Å². The number of nitrogens with one attached hydrogen (secondary N) is 2. The van der Waals surface area contributed by atoms with E-state index < -0.39 is 5.97 Å². The molecule has 3 N–H and O–H groups in total. The van der Waals surface area contributed by atoms with E-state index in [1.807, 2.05) is 12.1 Å². The van der Waals surface area contributed by atoms with Gasteiger partial charge in [-0.25, -0.2) is 4.79 Å². The Morgan fingerprint density at radius 3 is 2.63 bits per heavy atom. The van der Waals surface area contributed by atoms with Gasteiger partial charge in [-0.3, -0.25) is 4.79 Å². The first kappa shape index (κ1) is 13.6. The number of H-pyrrole nitrogens is 1. The molecule has 1 aromatic heterocycles. The maximum atomic E-state index is 12.1. The summed E-state index contributed by atoms with van der Waals surface area (Å²) < 4.78 is 0.807. The minimum atomic E-state index is -1.07. The number of aromatic carboxylic acids is 1. The highest BCUT2D eigenvalue weighted by atomic mass is 127. The molecule has 0 aliphatic carbocycles. The molecule has 98 valence electrons. The average molecular weight is 370 g/mol. The molecule has 19 heavy (non-hydrogen) atoms. The Hall–Kier alpha value is -1.83. The highest BCUT2D eigenvalue weighted by Crippen LogP contribution is 2.21. The van der Waals surface area contributed by atoms with E-state index in [1.54, 1.807) is 19.1 Å². The predicted octanol–water partition coefficient (Wildman–Crippen LogP) is 2.88. The van der Waals surface area contributed by atoms with E-state index in [9.17, 15) is 9.59 Å². The Morgan fingerprint density at radius 2 is 2.00 bits per heavy atom. The molecule has 1 amide bonds. The smallest absolute Gasteiger partial charge is 0.339 e. The molecule has 0 aliphatic rings. The summed E-state index contributed by atoms with van der Waals surface area (Å²) in [7, 11) is 0. The van der Waals surface area contributed by atoms with E-state index in [2.05, 4.69) is 32.9 Å². The number of carboxylic acid groups (broad SMARTS) is 1. The van der Waals surface area contributed by atoms with Crippen molar-refractivity contribution in [2.45, 2.75) is 6.92 Å². The van der Waals surface area contributed by atoms with Crippen LogP contribution in [0.2, 0.25) is 0 Å². The normalized spacial score (nSPS) is 10.2. The second kappa shape index (κ2) is 5.43. The standard InChI is InChI=1S/C13H11IN2O3/c1-7-11(13(18)19)10(6-15-7)16-12(17)8-4-2-3-5-9(8)14/h2-6,15H,1H3,(H,16,17)(H,18,19). The van der Waals surface area contributed by atoms with Gasteiger partial charge in [-0.05, 0) is 41.6 Å². The SMILES string of the molecule is Cc1[nH]cc(NC(=O)c2ccccc2I)c1C(=O)O. The Bertz CT molecular complexity index is 649. The lowest BCUT2D eigenvalue weighted by Gasteiger charge is -2.06. The fraction of sp³-hybridized carbons (Fsp3) is 0.0769. The van der Waals surface area contributed by atoms with Crippen molar-refractivity contribution in [3.8, 4) is 0 Å². The van der Waals surface area contributed by atoms with Crippen molar-refractivity contribution in [2.24, 2.45) is 0 Å². The van der Waals surface area contributed by atoms with Crippen molar-refractivity contribution in [1.82, 2.24) is 4.98 Å². The monoisotopic (exact) mass is 370 g/mol. The number of aryl methyl sites for hydroxylation is 1. The summed E-state index contributed by atoms with van der Waals surface area (Å²) >= 11 is 2.06. The Kier molecular flexibility index (Phi) is 3.89. The van der Waals surface area contributed by atoms with E-state index in [0.29, 0.717) is 11.3 Å². The van der Waals surface area contributed by atoms with E-state index in [1.165, 1.54) is 6.20 Å². The highest BCUT2D eigenvalue weighted by molar-refractivity contribution is 14.1. The average Bonchev–Trinajstić information content (AvgIpc) is 2.70. The molecule has 0 atom stereocenters. The molecule has 0 saturated heterocycles. The molecule has 0 aliphatic heterocycles. The molecule has 1 aromatic carbocycles. The number of anilines is 1. The second-order valence-corrected chi connectivity index (χ2v) is 5.10. The third-order valence-electron chi connectivity index (χ3n) is 2.66. The number of hydrogen-bond donors (Lipinski definition) is 3. The van der Waals surface area contributed by atoms with Crippen LogP contribution in [0, 0.1) is 10.5 Å². The van der Waals surface area contributed by atoms with Crippen LogP contribution in [0.15, 0.2) is 30.5 Å². The quantitative estimate of drug-likeness (QED) is 0.727. The molecule has 1 heterocycles. The summed E-state index contributed by atoms with van der Waals surface area (Å²) in [5, 5.41) is 11.7. The summed E-state index contributed by atoms with van der Waals surface area (Å²) in [5.41, 5.74) is 1.37. The van der Waals surface area contributed by atoms with Crippen molar-refractivity contribution >= 4 is 40.2 Å². The van der Waals surface area contributed by atoms with Gasteiger partial charge in [0.25, 0.3) is 5.91 Å². The number of carboxylic acids is 1. The van der Waals surface area contributed by atoms with Crippen molar-refractivity contribution in [3.63, 3.8) is 0 Å². The first-order valence-corrected chi connectivity index (χ1v) is 6.55. The first-order valence-electron chi connectivity index (χ1n) is 5.48. The van der Waals surface area contributed by atoms with E-state index in [4.69, 9.17) is 5.11 Å². The minimum absolute atomic E-state index is 0.0827. The second-order valence-electron chi connectivity index (χ2n) is 3.94. The lowest BCUT2D eigenvalue weighted by atomic mass is 10.2. The summed E-state index contributed by atoms with van der Waals surface area (Å²) in [6, 6.07) is 7.10. The number of aromatic nitrogens is 1. The van der Waals surface area contributed by atoms with Gasteiger partial charge in [-0.2, -0.15) is 0 Å². The lowest BCUT2D eigenvalue weighted by Crippen LogP contribution is -2.15. The van der Waals surface area contributed by atoms with Crippen LogP contribution in [0.1, 0.15) is 26.4 Å². The molecule has 0 bridgehead atoms. The molecule has 0 fully saturated rings. The van der Waals surface area contributed by atoms with Crippen LogP contribution in [-0.4, -0.2) is 22.0 Å². The van der Waals surface area contributed by atoms with Crippen LogP contribution in [-0.2, 0) is 0 Å². The zero-order valence-electron chi connectivity index (χ0n) is 10.0. The van der Waals surface area contributed by atoms with Gasteiger partial charge < -0.3 is 15.4 Å². The van der Waals surface area contributed by atoms with E-state index >= 15 is 0 Å². The van der Waals surface area contributed by atoms with Gasteiger partial charge in [0.2, 0.25) is 0 Å². The van der Waals surface area contributed by atoms with Gasteiger partial charge in [0, 0.05) is 15.5 Å². The van der Waals surface area contributed by atoms with Crippen LogP contribution in [0.25, 0.3) is 0 Å². The number of rotatable bonds is 3. The number of aromatic amines is 1. The fourth-order valence-corrected chi connectivity index (χ4v) is 2.37. The van der Waals surface area contributed by atoms with Gasteiger partial charge >= 0.3 is 5.97 Å². The van der Waals surface area contributed by atoms with E-state index in [0.717, 1.165) is 3.57 Å². The number of benzene rings is 1. The molecule has 0 radical (unpaired) electrons. The summed E-state index contributed by atoms with van der Waals surface area (Å²) in [6.07, 6.45) is 1.48. The van der Waals surface area contributed by atoms with Crippen LogP contribution < -0.4 is 5.32 Å². The minimum Gasteiger partial charge on any atom is -0.478 e. The maximum absolute atomic E-state index is 12.1. The number of carbonyl (C=O) groups excluding carboxylic acids is 1. The fourth-order valence-electron chi connectivity index (χ4n) is 1.74. The molecule has 2 aromatic rings. The van der Waals surface area contributed by atoms with Crippen LogP contribution in [0.4, 0.5) is 5.69 Å².